The van der Waals surface area contributed by atoms with Crippen LogP contribution in [0.15, 0.2) is 0 Å². The summed E-state index contributed by atoms with van der Waals surface area (Å²) in [5, 5.41) is 3.71. The SMILES string of the molecule is CC(C)N1CCC(NCCC(C)(C)C)CC1. The number of rotatable bonds is 4. The van der Waals surface area contributed by atoms with Gasteiger partial charge in [-0.05, 0) is 58.2 Å². The molecule has 0 amide bonds. The summed E-state index contributed by atoms with van der Waals surface area (Å²) in [6, 6.07) is 1.48. The molecule has 96 valence electrons. The highest BCUT2D eigenvalue weighted by molar-refractivity contribution is 4.79. The van der Waals surface area contributed by atoms with Gasteiger partial charge in [-0.3, -0.25) is 0 Å². The van der Waals surface area contributed by atoms with Gasteiger partial charge in [-0.25, -0.2) is 0 Å². The molecule has 1 aliphatic rings. The molecule has 2 heteroatoms. The summed E-state index contributed by atoms with van der Waals surface area (Å²) in [7, 11) is 0. The van der Waals surface area contributed by atoms with Crippen LogP contribution in [0.3, 0.4) is 0 Å². The molecule has 16 heavy (non-hydrogen) atoms. The van der Waals surface area contributed by atoms with Crippen LogP contribution in [0.5, 0.6) is 0 Å². The molecule has 1 heterocycles. The van der Waals surface area contributed by atoms with E-state index in [1.807, 2.05) is 0 Å². The molecule has 1 saturated heterocycles. The van der Waals surface area contributed by atoms with Gasteiger partial charge in [-0.2, -0.15) is 0 Å². The minimum Gasteiger partial charge on any atom is -0.314 e. The molecular weight excluding hydrogens is 196 g/mol. The molecule has 0 spiro atoms. The molecule has 0 unspecified atom stereocenters. The van der Waals surface area contributed by atoms with Gasteiger partial charge in [0.1, 0.15) is 0 Å². The van der Waals surface area contributed by atoms with Crippen LogP contribution >= 0.6 is 0 Å². The first-order valence-electron chi connectivity index (χ1n) is 6.86. The van der Waals surface area contributed by atoms with Crippen LogP contribution in [0.25, 0.3) is 0 Å². The quantitative estimate of drug-likeness (QED) is 0.793. The lowest BCUT2D eigenvalue weighted by Gasteiger charge is -2.35. The van der Waals surface area contributed by atoms with E-state index >= 15 is 0 Å². The van der Waals surface area contributed by atoms with Crippen LogP contribution in [0.2, 0.25) is 0 Å². The van der Waals surface area contributed by atoms with Crippen molar-refractivity contribution < 1.29 is 0 Å². The first-order chi connectivity index (χ1) is 7.38. The third-order valence-electron chi connectivity index (χ3n) is 3.57. The van der Waals surface area contributed by atoms with Crippen molar-refractivity contribution in [2.24, 2.45) is 5.41 Å². The van der Waals surface area contributed by atoms with Gasteiger partial charge in [-0.15, -0.1) is 0 Å². The minimum atomic E-state index is 0.464. The molecule has 1 fully saturated rings. The second-order valence-electron chi connectivity index (χ2n) is 6.67. The van der Waals surface area contributed by atoms with E-state index in [-0.39, 0.29) is 0 Å². The monoisotopic (exact) mass is 226 g/mol. The van der Waals surface area contributed by atoms with Crippen molar-refractivity contribution in [1.82, 2.24) is 10.2 Å². The Hall–Kier alpha value is -0.0800. The number of piperidine rings is 1. The predicted molar refractivity (Wildman–Crippen MR) is 71.8 cm³/mol. The number of nitrogens with one attached hydrogen (secondary N) is 1. The summed E-state index contributed by atoms with van der Waals surface area (Å²) in [5.41, 5.74) is 0.464. The Morgan fingerprint density at radius 3 is 2.19 bits per heavy atom. The molecule has 2 nitrogen and oxygen atoms in total. The van der Waals surface area contributed by atoms with Gasteiger partial charge in [0.25, 0.3) is 0 Å². The molecule has 0 saturated carbocycles. The largest absolute Gasteiger partial charge is 0.314 e. The van der Waals surface area contributed by atoms with Crippen molar-refractivity contribution in [3.05, 3.63) is 0 Å². The van der Waals surface area contributed by atoms with Gasteiger partial charge < -0.3 is 10.2 Å². The van der Waals surface area contributed by atoms with E-state index in [4.69, 9.17) is 0 Å². The smallest absolute Gasteiger partial charge is 0.00914 e. The minimum absolute atomic E-state index is 0.464. The zero-order valence-corrected chi connectivity index (χ0v) is 11.8. The van der Waals surface area contributed by atoms with Gasteiger partial charge in [0, 0.05) is 12.1 Å². The van der Waals surface area contributed by atoms with Crippen molar-refractivity contribution in [3.63, 3.8) is 0 Å². The fourth-order valence-electron chi connectivity index (χ4n) is 2.27. The Kier molecular flexibility index (Phi) is 5.26. The van der Waals surface area contributed by atoms with Gasteiger partial charge in [0.15, 0.2) is 0 Å². The molecule has 0 aromatic carbocycles. The van der Waals surface area contributed by atoms with E-state index in [2.05, 4.69) is 44.8 Å². The third-order valence-corrected chi connectivity index (χ3v) is 3.57. The topological polar surface area (TPSA) is 15.3 Å². The Morgan fingerprint density at radius 1 is 1.19 bits per heavy atom. The van der Waals surface area contributed by atoms with Crippen molar-refractivity contribution in [2.45, 2.75) is 66.0 Å². The fraction of sp³-hybridized carbons (Fsp3) is 1.00. The average molecular weight is 226 g/mol. The maximum absolute atomic E-state index is 3.71. The molecular formula is C14H30N2. The summed E-state index contributed by atoms with van der Waals surface area (Å²) in [6.07, 6.45) is 3.92. The van der Waals surface area contributed by atoms with Gasteiger partial charge in [0.05, 0.1) is 0 Å². The normalized spacial score (nSPS) is 20.6. The zero-order chi connectivity index (χ0) is 12.2. The van der Waals surface area contributed by atoms with Crippen LogP contribution in [-0.2, 0) is 0 Å². The van der Waals surface area contributed by atoms with Crippen molar-refractivity contribution in [1.29, 1.82) is 0 Å². The average Bonchev–Trinajstić information content (AvgIpc) is 2.16. The molecule has 0 aliphatic carbocycles. The molecule has 0 aromatic rings. The highest BCUT2D eigenvalue weighted by atomic mass is 15.2. The number of nitrogens with zero attached hydrogens (tertiary/aromatic N) is 1. The summed E-state index contributed by atoms with van der Waals surface area (Å²) in [4.78, 5) is 2.59. The molecule has 1 N–H and O–H groups in total. The second-order valence-corrected chi connectivity index (χ2v) is 6.67. The standard InChI is InChI=1S/C14H30N2/c1-12(2)16-10-6-13(7-11-16)15-9-8-14(3,4)5/h12-13,15H,6-11H2,1-5H3. The van der Waals surface area contributed by atoms with E-state index in [1.165, 1.54) is 38.9 Å². The molecule has 0 aromatic heterocycles. The summed E-state index contributed by atoms with van der Waals surface area (Å²) in [5.74, 6) is 0. The van der Waals surface area contributed by atoms with E-state index < -0.39 is 0 Å². The first-order valence-corrected chi connectivity index (χ1v) is 6.86. The van der Waals surface area contributed by atoms with E-state index in [0.717, 1.165) is 12.1 Å². The maximum Gasteiger partial charge on any atom is 0.00914 e. The Bertz CT molecular complexity index is 185. The number of hydrogen-bond acceptors (Lipinski definition) is 2. The molecule has 1 aliphatic heterocycles. The number of likely N-dealkylation sites (tertiary alicyclic amines) is 1. The molecule has 0 radical (unpaired) electrons. The molecule has 1 rings (SSSR count). The Labute approximate surface area is 102 Å². The van der Waals surface area contributed by atoms with Crippen LogP contribution in [-0.4, -0.2) is 36.6 Å². The lowest BCUT2D eigenvalue weighted by Crippen LogP contribution is -2.45. The first kappa shape index (κ1) is 14.0. The lowest BCUT2D eigenvalue weighted by atomic mass is 9.92. The second kappa shape index (κ2) is 6.02. The summed E-state index contributed by atoms with van der Waals surface area (Å²) in [6.45, 7) is 15.3. The highest BCUT2D eigenvalue weighted by Gasteiger charge is 2.20. The zero-order valence-electron chi connectivity index (χ0n) is 11.8. The van der Waals surface area contributed by atoms with Crippen LogP contribution in [0, 0.1) is 5.41 Å². The summed E-state index contributed by atoms with van der Waals surface area (Å²) >= 11 is 0. The van der Waals surface area contributed by atoms with Gasteiger partial charge >= 0.3 is 0 Å². The Balaban J connectivity index is 2.13. The van der Waals surface area contributed by atoms with Gasteiger partial charge in [0.2, 0.25) is 0 Å². The number of hydrogen-bond donors (Lipinski definition) is 1. The van der Waals surface area contributed by atoms with Crippen molar-refractivity contribution >= 4 is 0 Å². The van der Waals surface area contributed by atoms with Crippen LogP contribution in [0.4, 0.5) is 0 Å². The van der Waals surface area contributed by atoms with Crippen LogP contribution < -0.4 is 5.32 Å². The van der Waals surface area contributed by atoms with Crippen molar-refractivity contribution in [2.75, 3.05) is 19.6 Å². The third kappa shape index (κ3) is 5.31. The summed E-state index contributed by atoms with van der Waals surface area (Å²) < 4.78 is 0. The van der Waals surface area contributed by atoms with Gasteiger partial charge in [-0.1, -0.05) is 20.8 Å². The molecule has 0 atom stereocenters. The van der Waals surface area contributed by atoms with Crippen molar-refractivity contribution in [3.8, 4) is 0 Å². The maximum atomic E-state index is 3.71. The fourth-order valence-corrected chi connectivity index (χ4v) is 2.27. The highest BCUT2D eigenvalue weighted by Crippen LogP contribution is 2.18. The lowest BCUT2D eigenvalue weighted by molar-refractivity contribution is 0.159. The van der Waals surface area contributed by atoms with E-state index in [0.29, 0.717) is 5.41 Å². The van der Waals surface area contributed by atoms with Crippen LogP contribution in [0.1, 0.15) is 53.9 Å². The molecule has 0 bridgehead atoms. The Morgan fingerprint density at radius 2 is 1.75 bits per heavy atom. The van der Waals surface area contributed by atoms with E-state index in [1.54, 1.807) is 0 Å². The van der Waals surface area contributed by atoms with E-state index in [9.17, 15) is 0 Å². The predicted octanol–water partition coefficient (Wildman–Crippen LogP) is 2.89.